The van der Waals surface area contributed by atoms with Crippen molar-refractivity contribution in [2.75, 3.05) is 20.8 Å². The Morgan fingerprint density at radius 2 is 2.04 bits per heavy atom. The van der Waals surface area contributed by atoms with Crippen LogP contribution in [-0.2, 0) is 9.63 Å². The molecule has 1 N–H and O–H groups in total. The molecule has 28 heavy (non-hydrogen) atoms. The van der Waals surface area contributed by atoms with E-state index in [0.29, 0.717) is 42.3 Å². The molecule has 0 radical (unpaired) electrons. The Morgan fingerprint density at radius 3 is 2.82 bits per heavy atom. The van der Waals surface area contributed by atoms with E-state index in [4.69, 9.17) is 9.57 Å². The second-order valence-corrected chi connectivity index (χ2v) is 6.15. The number of hydrogen-bond acceptors (Lipinski definition) is 6. The van der Waals surface area contributed by atoms with Gasteiger partial charge in [0.25, 0.3) is 11.8 Å². The summed E-state index contributed by atoms with van der Waals surface area (Å²) in [4.78, 5) is 39.2. The minimum absolute atomic E-state index is 0.336. The summed E-state index contributed by atoms with van der Waals surface area (Å²) >= 11 is 0. The lowest BCUT2D eigenvalue weighted by molar-refractivity contribution is -0.170. The SMILES string of the molecule is CON(C)C(=O)[C@@H]1CC=CCCOc2ccnc(n2)-c2ccccc2C(=O)N1. The van der Waals surface area contributed by atoms with E-state index in [-0.39, 0.29) is 11.8 Å². The molecule has 8 nitrogen and oxygen atoms in total. The molecule has 0 saturated carbocycles. The second kappa shape index (κ2) is 9.09. The number of carbonyl (C=O) groups is 2. The molecule has 146 valence electrons. The number of fused-ring (bicyclic) bond motifs is 4. The van der Waals surface area contributed by atoms with Crippen LogP contribution in [0.5, 0.6) is 5.88 Å². The molecule has 1 atom stereocenters. The molecule has 1 aliphatic heterocycles. The van der Waals surface area contributed by atoms with Crippen LogP contribution in [0.25, 0.3) is 11.4 Å². The fourth-order valence-electron chi connectivity index (χ4n) is 2.78. The summed E-state index contributed by atoms with van der Waals surface area (Å²) in [6, 6.07) is 7.90. The number of hydrogen-bond donors (Lipinski definition) is 1. The molecular weight excluding hydrogens is 360 g/mol. The van der Waals surface area contributed by atoms with Gasteiger partial charge < -0.3 is 10.1 Å². The quantitative estimate of drug-likeness (QED) is 0.631. The van der Waals surface area contributed by atoms with E-state index in [9.17, 15) is 9.59 Å². The van der Waals surface area contributed by atoms with Crippen LogP contribution in [0.2, 0.25) is 0 Å². The Morgan fingerprint density at radius 1 is 1.25 bits per heavy atom. The van der Waals surface area contributed by atoms with Gasteiger partial charge in [-0.15, -0.1) is 0 Å². The van der Waals surface area contributed by atoms with Gasteiger partial charge in [-0.2, -0.15) is 4.98 Å². The topological polar surface area (TPSA) is 93.7 Å². The molecule has 0 aliphatic carbocycles. The first kappa shape index (κ1) is 19.5. The van der Waals surface area contributed by atoms with Gasteiger partial charge in [-0.1, -0.05) is 30.4 Å². The fourth-order valence-corrected chi connectivity index (χ4v) is 2.78. The van der Waals surface area contributed by atoms with Crippen molar-refractivity contribution in [3.8, 4) is 17.3 Å². The molecule has 3 rings (SSSR count). The van der Waals surface area contributed by atoms with Crippen molar-refractivity contribution in [1.29, 1.82) is 0 Å². The highest BCUT2D eigenvalue weighted by atomic mass is 16.7. The standard InChI is InChI=1S/C20H22N4O4/c1-24(27-2)20(26)16-10-4-3-7-13-28-17-11-12-21-18(23-17)14-8-5-6-9-15(14)19(25)22-16/h3-6,8-9,11-12,16H,7,10,13H2,1-2H3,(H,22,25)/t16-/m0/s1. The van der Waals surface area contributed by atoms with Gasteiger partial charge in [0.1, 0.15) is 6.04 Å². The zero-order valence-corrected chi connectivity index (χ0v) is 15.8. The molecule has 1 aromatic carbocycles. The number of ether oxygens (including phenoxy) is 1. The molecule has 2 aromatic rings. The molecule has 0 fully saturated rings. The first-order chi connectivity index (χ1) is 13.6. The van der Waals surface area contributed by atoms with Crippen LogP contribution in [0, 0.1) is 0 Å². The number of rotatable bonds is 2. The third-order valence-corrected chi connectivity index (χ3v) is 4.30. The van der Waals surface area contributed by atoms with Gasteiger partial charge in [0.15, 0.2) is 5.82 Å². The monoisotopic (exact) mass is 382 g/mol. The molecule has 2 bridgehead atoms. The summed E-state index contributed by atoms with van der Waals surface area (Å²) in [7, 11) is 2.90. The number of hydroxylamine groups is 2. The highest BCUT2D eigenvalue weighted by Gasteiger charge is 2.25. The maximum Gasteiger partial charge on any atom is 0.268 e. The molecular formula is C20H22N4O4. The van der Waals surface area contributed by atoms with Crippen LogP contribution in [0.1, 0.15) is 23.2 Å². The van der Waals surface area contributed by atoms with E-state index < -0.39 is 6.04 Å². The number of carbonyl (C=O) groups excluding carboxylic acids is 2. The van der Waals surface area contributed by atoms with Gasteiger partial charge in [-0.3, -0.25) is 14.4 Å². The number of aromatic nitrogens is 2. The second-order valence-electron chi connectivity index (χ2n) is 6.15. The summed E-state index contributed by atoms with van der Waals surface area (Å²) in [5, 5.41) is 3.90. The maximum atomic E-state index is 13.0. The van der Waals surface area contributed by atoms with Crippen molar-refractivity contribution in [2.24, 2.45) is 0 Å². The van der Waals surface area contributed by atoms with Crippen molar-refractivity contribution in [3.63, 3.8) is 0 Å². The van der Waals surface area contributed by atoms with E-state index >= 15 is 0 Å². The zero-order valence-electron chi connectivity index (χ0n) is 15.8. The zero-order chi connectivity index (χ0) is 19.9. The molecule has 8 heteroatoms. The van der Waals surface area contributed by atoms with Crippen LogP contribution >= 0.6 is 0 Å². The first-order valence-corrected chi connectivity index (χ1v) is 8.93. The lowest BCUT2D eigenvalue weighted by atomic mass is 10.0. The van der Waals surface area contributed by atoms with E-state index in [0.717, 1.165) is 5.06 Å². The number of nitrogens with zero attached hydrogens (tertiary/aromatic N) is 3. The predicted octanol–water partition coefficient (Wildman–Crippen LogP) is 1.99. The molecule has 1 aromatic heterocycles. The van der Waals surface area contributed by atoms with Crippen molar-refractivity contribution < 1.29 is 19.2 Å². The van der Waals surface area contributed by atoms with Gasteiger partial charge in [0.2, 0.25) is 5.88 Å². The summed E-state index contributed by atoms with van der Waals surface area (Å²) < 4.78 is 5.66. The highest BCUT2D eigenvalue weighted by molar-refractivity contribution is 6.02. The summed E-state index contributed by atoms with van der Waals surface area (Å²) in [5.74, 6) is 0.0894. The minimum Gasteiger partial charge on any atom is -0.477 e. The maximum absolute atomic E-state index is 13.0. The largest absolute Gasteiger partial charge is 0.477 e. The lowest BCUT2D eigenvalue weighted by Crippen LogP contribution is -2.46. The number of likely N-dealkylation sites (N-methyl/N-ethyl adjacent to an activating group) is 1. The molecule has 0 unspecified atom stereocenters. The van der Waals surface area contributed by atoms with Crippen molar-refractivity contribution in [2.45, 2.75) is 18.9 Å². The average molecular weight is 382 g/mol. The van der Waals surface area contributed by atoms with Crippen LogP contribution < -0.4 is 10.1 Å². The average Bonchev–Trinajstić information content (AvgIpc) is 2.73. The molecule has 0 spiro atoms. The Bertz CT molecular complexity index is 884. The first-order valence-electron chi connectivity index (χ1n) is 8.93. The number of nitrogens with one attached hydrogen (secondary N) is 1. The Labute approximate surface area is 163 Å². The lowest BCUT2D eigenvalue weighted by Gasteiger charge is -2.22. The normalized spacial score (nSPS) is 16.9. The summed E-state index contributed by atoms with van der Waals surface area (Å²) in [6.45, 7) is 0.442. The van der Waals surface area contributed by atoms with E-state index in [2.05, 4.69) is 15.3 Å². The van der Waals surface area contributed by atoms with Crippen LogP contribution in [0.3, 0.4) is 0 Å². The fraction of sp³-hybridized carbons (Fsp3) is 0.300. The predicted molar refractivity (Wildman–Crippen MR) is 102 cm³/mol. The van der Waals surface area contributed by atoms with Gasteiger partial charge in [-0.25, -0.2) is 10.0 Å². The molecule has 2 heterocycles. The molecule has 1 aliphatic rings. The smallest absolute Gasteiger partial charge is 0.268 e. The van der Waals surface area contributed by atoms with Crippen LogP contribution in [0.4, 0.5) is 0 Å². The van der Waals surface area contributed by atoms with E-state index in [1.165, 1.54) is 14.2 Å². The molecule has 2 amide bonds. The van der Waals surface area contributed by atoms with E-state index in [1.807, 2.05) is 12.2 Å². The van der Waals surface area contributed by atoms with Crippen molar-refractivity contribution in [3.05, 3.63) is 54.2 Å². The van der Waals surface area contributed by atoms with Crippen LogP contribution in [-0.4, -0.2) is 53.7 Å². The number of amides is 2. The number of benzene rings is 1. The minimum atomic E-state index is -0.766. The highest BCUT2D eigenvalue weighted by Crippen LogP contribution is 2.22. The third kappa shape index (κ3) is 4.52. The third-order valence-electron chi connectivity index (χ3n) is 4.30. The Hall–Kier alpha value is -3.26. The van der Waals surface area contributed by atoms with Crippen molar-refractivity contribution >= 4 is 11.8 Å². The van der Waals surface area contributed by atoms with Gasteiger partial charge >= 0.3 is 0 Å². The van der Waals surface area contributed by atoms with Gasteiger partial charge in [-0.05, 0) is 18.9 Å². The van der Waals surface area contributed by atoms with Gasteiger partial charge in [0.05, 0.1) is 19.3 Å². The van der Waals surface area contributed by atoms with Crippen molar-refractivity contribution in [1.82, 2.24) is 20.3 Å². The molecule has 0 saturated heterocycles. The van der Waals surface area contributed by atoms with Gasteiger partial charge in [0, 0.05) is 24.9 Å². The summed E-state index contributed by atoms with van der Waals surface area (Å²) in [5.41, 5.74) is 0.933. The Kier molecular flexibility index (Phi) is 6.33. The van der Waals surface area contributed by atoms with Crippen LogP contribution in [0.15, 0.2) is 48.7 Å². The summed E-state index contributed by atoms with van der Waals surface area (Å²) in [6.07, 6.45) is 6.32. The van der Waals surface area contributed by atoms with E-state index in [1.54, 1.807) is 36.5 Å². The Balaban J connectivity index is 2.00.